The lowest BCUT2D eigenvalue weighted by Crippen LogP contribution is -2.62. The van der Waals surface area contributed by atoms with Crippen molar-refractivity contribution in [1.82, 2.24) is 15.6 Å². The summed E-state index contributed by atoms with van der Waals surface area (Å²) in [5, 5.41) is 6.10. The van der Waals surface area contributed by atoms with E-state index in [1.54, 1.807) is 6.20 Å². The number of carbonyl (C=O) groups excluding carboxylic acids is 2. The standard InChI is InChI=1S/C27H30N4O2/c28-27(15-9-16-27)26(33)31-24(18-20-10-3-1-4-11-20)25(32)30-23(21-12-5-2-6-13-21)19-22-14-7-8-17-29-22/h1-8,10-14,17,23-24H,9,15-16,18-19,28H2,(H,30,32)(H,31,33)/t23-,24-/m0/s1. The second-order valence-corrected chi connectivity index (χ2v) is 8.72. The van der Waals surface area contributed by atoms with Gasteiger partial charge in [-0.2, -0.15) is 0 Å². The topological polar surface area (TPSA) is 97.1 Å². The molecule has 0 aliphatic heterocycles. The first kappa shape index (κ1) is 22.7. The predicted octanol–water partition coefficient (Wildman–Crippen LogP) is 3.09. The Morgan fingerprint density at radius 1 is 0.879 bits per heavy atom. The minimum Gasteiger partial charge on any atom is -0.347 e. The molecule has 6 nitrogen and oxygen atoms in total. The molecule has 33 heavy (non-hydrogen) atoms. The number of benzene rings is 2. The highest BCUT2D eigenvalue weighted by Gasteiger charge is 2.41. The summed E-state index contributed by atoms with van der Waals surface area (Å²) < 4.78 is 0. The second kappa shape index (κ2) is 10.4. The number of aromatic nitrogens is 1. The number of hydrogen-bond acceptors (Lipinski definition) is 4. The van der Waals surface area contributed by atoms with E-state index in [-0.39, 0.29) is 17.9 Å². The van der Waals surface area contributed by atoms with Crippen molar-refractivity contribution in [3.63, 3.8) is 0 Å². The molecule has 2 aromatic carbocycles. The first-order chi connectivity index (χ1) is 16.0. The number of nitrogens with two attached hydrogens (primary N) is 1. The molecule has 0 bridgehead atoms. The van der Waals surface area contributed by atoms with Crippen LogP contribution in [0.15, 0.2) is 85.1 Å². The van der Waals surface area contributed by atoms with Gasteiger partial charge in [-0.15, -0.1) is 0 Å². The van der Waals surface area contributed by atoms with Crippen LogP contribution in [-0.2, 0) is 22.4 Å². The lowest BCUT2D eigenvalue weighted by molar-refractivity contribution is -0.134. The molecule has 4 N–H and O–H groups in total. The molecular formula is C27H30N4O2. The van der Waals surface area contributed by atoms with Crippen LogP contribution < -0.4 is 16.4 Å². The molecule has 6 heteroatoms. The van der Waals surface area contributed by atoms with Crippen molar-refractivity contribution < 1.29 is 9.59 Å². The Morgan fingerprint density at radius 2 is 1.55 bits per heavy atom. The van der Waals surface area contributed by atoms with Crippen LogP contribution in [0.1, 0.15) is 42.1 Å². The van der Waals surface area contributed by atoms with E-state index >= 15 is 0 Å². The number of hydrogen-bond donors (Lipinski definition) is 3. The van der Waals surface area contributed by atoms with Crippen LogP contribution in [0.4, 0.5) is 0 Å². The summed E-state index contributed by atoms with van der Waals surface area (Å²) in [5.74, 6) is -0.495. The Bertz CT molecular complexity index is 1050. The van der Waals surface area contributed by atoms with Gasteiger partial charge in [0.05, 0.1) is 11.6 Å². The fourth-order valence-corrected chi connectivity index (χ4v) is 4.08. The fourth-order valence-electron chi connectivity index (χ4n) is 4.08. The fraction of sp³-hybridized carbons (Fsp3) is 0.296. The quantitative estimate of drug-likeness (QED) is 0.474. The van der Waals surface area contributed by atoms with Gasteiger partial charge in [0.15, 0.2) is 0 Å². The number of pyridine rings is 1. The van der Waals surface area contributed by atoms with Gasteiger partial charge in [0.1, 0.15) is 6.04 Å². The minimum atomic E-state index is -0.873. The molecule has 0 saturated heterocycles. The lowest BCUT2D eigenvalue weighted by Gasteiger charge is -2.37. The average molecular weight is 443 g/mol. The van der Waals surface area contributed by atoms with Crippen LogP contribution >= 0.6 is 0 Å². The van der Waals surface area contributed by atoms with Crippen LogP contribution in [0, 0.1) is 0 Å². The van der Waals surface area contributed by atoms with Crippen molar-refractivity contribution in [2.24, 2.45) is 5.73 Å². The third-order valence-corrected chi connectivity index (χ3v) is 6.26. The van der Waals surface area contributed by atoms with E-state index in [1.165, 1.54) is 0 Å². The number of nitrogens with zero attached hydrogens (tertiary/aromatic N) is 1. The smallest absolute Gasteiger partial charge is 0.243 e. The molecule has 1 aliphatic rings. The van der Waals surface area contributed by atoms with Crippen molar-refractivity contribution in [2.75, 3.05) is 0 Å². The number of carbonyl (C=O) groups is 2. The summed E-state index contributed by atoms with van der Waals surface area (Å²) in [6.07, 6.45) is 4.90. The Morgan fingerprint density at radius 3 is 2.15 bits per heavy atom. The summed E-state index contributed by atoms with van der Waals surface area (Å²) >= 11 is 0. The Kier molecular flexibility index (Phi) is 7.15. The highest BCUT2D eigenvalue weighted by molar-refractivity contribution is 5.92. The van der Waals surface area contributed by atoms with E-state index in [0.717, 1.165) is 23.2 Å². The molecule has 0 spiro atoms. The van der Waals surface area contributed by atoms with Gasteiger partial charge < -0.3 is 16.4 Å². The average Bonchev–Trinajstić information content (AvgIpc) is 2.83. The molecule has 2 atom stereocenters. The molecule has 1 fully saturated rings. The normalized spacial score (nSPS) is 16.2. The van der Waals surface area contributed by atoms with Gasteiger partial charge in [0.2, 0.25) is 11.8 Å². The van der Waals surface area contributed by atoms with Gasteiger partial charge >= 0.3 is 0 Å². The van der Waals surface area contributed by atoms with Gasteiger partial charge in [-0.1, -0.05) is 66.7 Å². The molecule has 3 aromatic rings. The molecule has 4 rings (SSSR count). The number of rotatable bonds is 9. The van der Waals surface area contributed by atoms with Crippen molar-refractivity contribution in [3.8, 4) is 0 Å². The van der Waals surface area contributed by atoms with Crippen molar-refractivity contribution in [1.29, 1.82) is 0 Å². The molecule has 1 aromatic heterocycles. The van der Waals surface area contributed by atoms with Crippen molar-refractivity contribution in [2.45, 2.75) is 49.7 Å². The molecule has 170 valence electrons. The van der Waals surface area contributed by atoms with Crippen LogP contribution in [0.3, 0.4) is 0 Å². The van der Waals surface area contributed by atoms with Crippen LogP contribution in [0.2, 0.25) is 0 Å². The third kappa shape index (κ3) is 5.84. The van der Waals surface area contributed by atoms with E-state index in [0.29, 0.717) is 25.7 Å². The maximum atomic E-state index is 13.5. The van der Waals surface area contributed by atoms with E-state index in [4.69, 9.17) is 5.73 Å². The molecule has 0 radical (unpaired) electrons. The summed E-state index contributed by atoms with van der Waals surface area (Å²) in [6.45, 7) is 0. The largest absolute Gasteiger partial charge is 0.347 e. The third-order valence-electron chi connectivity index (χ3n) is 6.26. The van der Waals surface area contributed by atoms with Crippen LogP contribution in [-0.4, -0.2) is 28.4 Å². The van der Waals surface area contributed by atoms with Gasteiger partial charge in [0.25, 0.3) is 0 Å². The Hall–Kier alpha value is -3.51. The summed E-state index contributed by atoms with van der Waals surface area (Å²) in [6, 6.07) is 24.3. The maximum absolute atomic E-state index is 13.5. The van der Waals surface area contributed by atoms with Gasteiger partial charge in [-0.05, 0) is 42.5 Å². The summed E-state index contributed by atoms with van der Waals surface area (Å²) in [4.78, 5) is 30.8. The van der Waals surface area contributed by atoms with E-state index < -0.39 is 11.6 Å². The molecule has 1 heterocycles. The molecular weight excluding hydrogens is 412 g/mol. The number of nitrogens with one attached hydrogen (secondary N) is 2. The summed E-state index contributed by atoms with van der Waals surface area (Å²) in [5.41, 5.74) is 8.19. The molecule has 0 unspecified atom stereocenters. The zero-order valence-corrected chi connectivity index (χ0v) is 18.6. The molecule has 2 amide bonds. The van der Waals surface area contributed by atoms with Crippen molar-refractivity contribution in [3.05, 3.63) is 102 Å². The van der Waals surface area contributed by atoms with Crippen molar-refractivity contribution >= 4 is 11.8 Å². The van der Waals surface area contributed by atoms with Gasteiger partial charge in [0, 0.05) is 24.7 Å². The second-order valence-electron chi connectivity index (χ2n) is 8.72. The maximum Gasteiger partial charge on any atom is 0.243 e. The van der Waals surface area contributed by atoms with E-state index in [9.17, 15) is 9.59 Å². The van der Waals surface area contributed by atoms with E-state index in [1.807, 2.05) is 78.9 Å². The first-order valence-electron chi connectivity index (χ1n) is 11.4. The highest BCUT2D eigenvalue weighted by Crippen LogP contribution is 2.29. The van der Waals surface area contributed by atoms with Crippen LogP contribution in [0.5, 0.6) is 0 Å². The minimum absolute atomic E-state index is 0.236. The Balaban J connectivity index is 1.55. The Labute approximate surface area is 194 Å². The number of amides is 2. The van der Waals surface area contributed by atoms with Gasteiger partial charge in [-0.25, -0.2) is 0 Å². The molecule has 1 aliphatic carbocycles. The predicted molar refractivity (Wildman–Crippen MR) is 128 cm³/mol. The highest BCUT2D eigenvalue weighted by atomic mass is 16.2. The summed E-state index contributed by atoms with van der Waals surface area (Å²) in [7, 11) is 0. The van der Waals surface area contributed by atoms with Crippen LogP contribution in [0.25, 0.3) is 0 Å². The monoisotopic (exact) mass is 442 g/mol. The lowest BCUT2D eigenvalue weighted by atomic mass is 9.77. The SMILES string of the molecule is NC1(C(=O)N[C@@H](Cc2ccccc2)C(=O)N[C@@H](Cc2ccccn2)c2ccccc2)CCC1. The zero-order valence-electron chi connectivity index (χ0n) is 18.6. The van der Waals surface area contributed by atoms with E-state index in [2.05, 4.69) is 15.6 Å². The molecule has 1 saturated carbocycles. The zero-order chi connectivity index (χ0) is 23.1. The first-order valence-corrected chi connectivity index (χ1v) is 11.4. The van der Waals surface area contributed by atoms with Gasteiger partial charge in [-0.3, -0.25) is 14.6 Å².